The molecule has 0 radical (unpaired) electrons. The van der Waals surface area contributed by atoms with Crippen molar-refractivity contribution in [3.63, 3.8) is 0 Å². The Bertz CT molecular complexity index is 1220. The minimum absolute atomic E-state index is 0.274. The Balaban J connectivity index is 1.62. The second-order valence-corrected chi connectivity index (χ2v) is 6.86. The van der Waals surface area contributed by atoms with Crippen molar-refractivity contribution in [2.75, 3.05) is 10.6 Å². The van der Waals surface area contributed by atoms with Gasteiger partial charge in [0.25, 0.3) is 11.8 Å². The molecule has 4 rings (SSSR count). The number of aromatic nitrogens is 3. The lowest BCUT2D eigenvalue weighted by molar-refractivity contribution is 0.101. The van der Waals surface area contributed by atoms with E-state index in [1.165, 1.54) is 0 Å². The molecule has 5 N–H and O–H groups in total. The molecule has 1 atom stereocenters. The number of nitrogens with two attached hydrogens (primary N) is 1. The van der Waals surface area contributed by atoms with Crippen LogP contribution in [0.15, 0.2) is 67.0 Å². The molecule has 2 amide bonds. The Morgan fingerprint density at radius 2 is 1.70 bits per heavy atom. The molecule has 150 valence electrons. The molecule has 0 spiro atoms. The number of rotatable bonds is 5. The largest absolute Gasteiger partial charge is 0.324 e. The molecule has 2 heterocycles. The van der Waals surface area contributed by atoms with Crippen LogP contribution in [0.5, 0.6) is 0 Å². The Morgan fingerprint density at radius 1 is 0.967 bits per heavy atom. The average Bonchev–Trinajstić information content (AvgIpc) is 3.24. The van der Waals surface area contributed by atoms with E-state index in [4.69, 9.17) is 5.73 Å². The summed E-state index contributed by atoms with van der Waals surface area (Å²) in [5.41, 5.74) is 9.36. The zero-order valence-electron chi connectivity index (χ0n) is 16.2. The van der Waals surface area contributed by atoms with Gasteiger partial charge in [-0.05, 0) is 42.8 Å². The number of carbonyl (C=O) groups excluding carboxylic acids is 2. The summed E-state index contributed by atoms with van der Waals surface area (Å²) in [5.74, 6) is -0.598. The number of hydrogen-bond acceptors (Lipinski definition) is 5. The van der Waals surface area contributed by atoms with Gasteiger partial charge in [0.15, 0.2) is 5.65 Å². The van der Waals surface area contributed by atoms with Crippen LogP contribution in [0, 0.1) is 0 Å². The first-order chi connectivity index (χ1) is 14.5. The fourth-order valence-corrected chi connectivity index (χ4v) is 3.14. The maximum Gasteiger partial charge on any atom is 0.255 e. The van der Waals surface area contributed by atoms with E-state index in [9.17, 15) is 9.59 Å². The number of pyridine rings is 1. The van der Waals surface area contributed by atoms with Crippen LogP contribution >= 0.6 is 0 Å². The predicted molar refractivity (Wildman–Crippen MR) is 115 cm³/mol. The zero-order valence-corrected chi connectivity index (χ0v) is 16.2. The zero-order chi connectivity index (χ0) is 21.1. The molecule has 2 aromatic heterocycles. The molecule has 2 aromatic carbocycles. The number of H-pyrrole nitrogens is 1. The summed E-state index contributed by atoms with van der Waals surface area (Å²) in [7, 11) is 0. The molecular formula is C22H20N6O2. The Hall–Kier alpha value is -4.04. The lowest BCUT2D eigenvalue weighted by Crippen LogP contribution is -2.18. The fraction of sp³-hybridized carbons (Fsp3) is 0.0909. The van der Waals surface area contributed by atoms with Crippen molar-refractivity contribution in [2.24, 2.45) is 5.73 Å². The molecule has 0 bridgehead atoms. The fourth-order valence-electron chi connectivity index (χ4n) is 3.14. The molecule has 0 fully saturated rings. The smallest absolute Gasteiger partial charge is 0.255 e. The molecule has 4 aromatic rings. The highest BCUT2D eigenvalue weighted by Gasteiger charge is 2.16. The molecule has 8 heteroatoms. The number of nitrogens with zero attached hydrogens (tertiary/aromatic N) is 2. The van der Waals surface area contributed by atoms with E-state index in [-0.39, 0.29) is 17.9 Å². The van der Waals surface area contributed by atoms with Crippen LogP contribution in [0.2, 0.25) is 0 Å². The Labute approximate surface area is 172 Å². The summed E-state index contributed by atoms with van der Waals surface area (Å²) in [6.07, 6.45) is 3.18. The quantitative estimate of drug-likeness (QED) is 0.408. The first-order valence-corrected chi connectivity index (χ1v) is 9.38. The van der Waals surface area contributed by atoms with Crippen LogP contribution in [-0.4, -0.2) is 27.0 Å². The highest BCUT2D eigenvalue weighted by atomic mass is 16.2. The van der Waals surface area contributed by atoms with Crippen molar-refractivity contribution in [1.29, 1.82) is 0 Å². The molecule has 0 saturated carbocycles. The second-order valence-electron chi connectivity index (χ2n) is 6.86. The number of fused-ring (bicyclic) bond motifs is 1. The number of carbonyl (C=O) groups is 2. The van der Waals surface area contributed by atoms with Gasteiger partial charge in [-0.15, -0.1) is 0 Å². The van der Waals surface area contributed by atoms with Crippen molar-refractivity contribution in [3.8, 4) is 0 Å². The number of benzene rings is 2. The minimum atomic E-state index is -0.324. The number of aromatic amines is 1. The van der Waals surface area contributed by atoms with Crippen molar-refractivity contribution in [1.82, 2.24) is 15.2 Å². The normalized spacial score (nSPS) is 11.8. The van der Waals surface area contributed by atoms with E-state index >= 15 is 0 Å². The van der Waals surface area contributed by atoms with Gasteiger partial charge in [-0.25, -0.2) is 4.98 Å². The van der Waals surface area contributed by atoms with Crippen molar-refractivity contribution < 1.29 is 9.59 Å². The summed E-state index contributed by atoms with van der Waals surface area (Å²) < 4.78 is 0. The third-order valence-corrected chi connectivity index (χ3v) is 4.69. The van der Waals surface area contributed by atoms with Gasteiger partial charge < -0.3 is 16.4 Å². The van der Waals surface area contributed by atoms with E-state index < -0.39 is 0 Å². The first-order valence-electron chi connectivity index (χ1n) is 9.38. The highest BCUT2D eigenvalue weighted by Crippen LogP contribution is 2.25. The van der Waals surface area contributed by atoms with E-state index in [0.29, 0.717) is 33.5 Å². The van der Waals surface area contributed by atoms with Crippen LogP contribution in [0.25, 0.3) is 11.0 Å². The van der Waals surface area contributed by atoms with Crippen LogP contribution in [0.3, 0.4) is 0 Å². The SMILES string of the molecule is CC(N)c1ccc(C(=O)Nc2ccnc3[nH]ncc23)cc1NC(=O)c1ccccc1. The van der Waals surface area contributed by atoms with Gasteiger partial charge >= 0.3 is 0 Å². The maximum absolute atomic E-state index is 12.9. The second kappa shape index (κ2) is 8.14. The lowest BCUT2D eigenvalue weighted by Gasteiger charge is -2.16. The van der Waals surface area contributed by atoms with Gasteiger partial charge in [0.2, 0.25) is 0 Å². The minimum Gasteiger partial charge on any atom is -0.324 e. The van der Waals surface area contributed by atoms with E-state index in [1.54, 1.807) is 60.9 Å². The number of anilines is 2. The molecule has 0 saturated heterocycles. The molecule has 0 aliphatic rings. The van der Waals surface area contributed by atoms with E-state index in [2.05, 4.69) is 25.8 Å². The maximum atomic E-state index is 12.9. The van der Waals surface area contributed by atoms with Crippen LogP contribution in [-0.2, 0) is 0 Å². The highest BCUT2D eigenvalue weighted by molar-refractivity contribution is 6.10. The van der Waals surface area contributed by atoms with Crippen LogP contribution in [0.4, 0.5) is 11.4 Å². The van der Waals surface area contributed by atoms with Crippen molar-refractivity contribution in [3.05, 3.63) is 83.7 Å². The van der Waals surface area contributed by atoms with Crippen LogP contribution in [0.1, 0.15) is 39.2 Å². The first kappa shape index (κ1) is 19.3. The van der Waals surface area contributed by atoms with Gasteiger partial charge in [0, 0.05) is 29.1 Å². The van der Waals surface area contributed by atoms with Gasteiger partial charge in [-0.2, -0.15) is 5.10 Å². The number of nitrogens with one attached hydrogen (secondary N) is 3. The van der Waals surface area contributed by atoms with Crippen molar-refractivity contribution in [2.45, 2.75) is 13.0 Å². The number of hydrogen-bond donors (Lipinski definition) is 4. The third-order valence-electron chi connectivity index (χ3n) is 4.69. The molecule has 8 nitrogen and oxygen atoms in total. The topological polar surface area (TPSA) is 126 Å². The summed E-state index contributed by atoms with van der Waals surface area (Å²) in [6.45, 7) is 1.82. The number of amides is 2. The van der Waals surface area contributed by atoms with Gasteiger partial charge in [0.1, 0.15) is 0 Å². The van der Waals surface area contributed by atoms with E-state index in [1.807, 2.05) is 13.0 Å². The summed E-state index contributed by atoms with van der Waals surface area (Å²) in [4.78, 5) is 29.6. The average molecular weight is 400 g/mol. The van der Waals surface area contributed by atoms with Crippen LogP contribution < -0.4 is 16.4 Å². The van der Waals surface area contributed by atoms with Gasteiger partial charge in [0.05, 0.1) is 17.3 Å². The Kier molecular flexibility index (Phi) is 5.23. The summed E-state index contributed by atoms with van der Waals surface area (Å²) in [6, 6.07) is 15.3. The Morgan fingerprint density at radius 3 is 2.47 bits per heavy atom. The summed E-state index contributed by atoms with van der Waals surface area (Å²) in [5, 5.41) is 13.2. The third kappa shape index (κ3) is 3.89. The molecule has 30 heavy (non-hydrogen) atoms. The monoisotopic (exact) mass is 400 g/mol. The lowest BCUT2D eigenvalue weighted by atomic mass is 10.0. The molecule has 0 aliphatic heterocycles. The molecular weight excluding hydrogens is 380 g/mol. The molecule has 0 aliphatic carbocycles. The standard InChI is InChI=1S/C22H20N6O2/c1-13(23)16-8-7-15(11-19(16)27-21(29)14-5-3-2-4-6-14)22(30)26-18-9-10-24-20-17(18)12-25-28-20/h2-13H,23H2,1H3,(H,27,29)(H2,24,25,26,28,30). The van der Waals surface area contributed by atoms with E-state index in [0.717, 1.165) is 5.56 Å². The van der Waals surface area contributed by atoms with Gasteiger partial charge in [-0.3, -0.25) is 14.7 Å². The van der Waals surface area contributed by atoms with Gasteiger partial charge in [-0.1, -0.05) is 24.3 Å². The molecule has 1 unspecified atom stereocenters. The summed E-state index contributed by atoms with van der Waals surface area (Å²) >= 11 is 0. The predicted octanol–water partition coefficient (Wildman–Crippen LogP) is 3.48. The van der Waals surface area contributed by atoms with Crippen molar-refractivity contribution >= 4 is 34.2 Å².